The van der Waals surface area contributed by atoms with Crippen LogP contribution in [-0.2, 0) is 4.74 Å². The molecule has 0 bridgehead atoms. The van der Waals surface area contributed by atoms with Gasteiger partial charge in [-0.1, -0.05) is 17.4 Å². The number of halogens is 1. The molecule has 0 N–H and O–H groups in total. The molecule has 3 heterocycles. The van der Waals surface area contributed by atoms with E-state index in [0.29, 0.717) is 23.2 Å². The average molecular weight is 496 g/mol. The minimum Gasteiger partial charge on any atom is -0.492 e. The molecule has 0 spiro atoms. The summed E-state index contributed by atoms with van der Waals surface area (Å²) in [6.07, 6.45) is 0. The van der Waals surface area contributed by atoms with Crippen LogP contribution in [0, 0.1) is 0 Å². The number of anilines is 1. The Hall–Kier alpha value is -1.52. The molecule has 1 amide bonds. The van der Waals surface area contributed by atoms with Gasteiger partial charge >= 0.3 is 0 Å². The fourth-order valence-corrected chi connectivity index (χ4v) is 5.55. The van der Waals surface area contributed by atoms with E-state index in [1.54, 1.807) is 4.90 Å². The number of para-hydroxylation sites is 1. The number of hydrogen-bond acceptors (Lipinski definition) is 7. The van der Waals surface area contributed by atoms with Gasteiger partial charge in [-0.25, -0.2) is 4.98 Å². The van der Waals surface area contributed by atoms with Crippen molar-refractivity contribution >= 4 is 59.9 Å². The molecule has 0 atom stereocenters. The number of rotatable bonds is 7. The lowest BCUT2D eigenvalue weighted by atomic mass is 10.3. The zero-order valence-electron chi connectivity index (χ0n) is 16.1. The van der Waals surface area contributed by atoms with Gasteiger partial charge in [-0.2, -0.15) is 0 Å². The van der Waals surface area contributed by atoms with Crippen LogP contribution in [0.3, 0.4) is 0 Å². The number of thiophene rings is 1. The van der Waals surface area contributed by atoms with E-state index in [-0.39, 0.29) is 5.91 Å². The molecule has 3 aromatic rings. The predicted molar refractivity (Wildman–Crippen MR) is 122 cm³/mol. The van der Waals surface area contributed by atoms with Gasteiger partial charge < -0.3 is 9.47 Å². The number of amides is 1. The Labute approximate surface area is 186 Å². The van der Waals surface area contributed by atoms with Crippen LogP contribution in [0.2, 0.25) is 0 Å². The van der Waals surface area contributed by atoms with Crippen molar-refractivity contribution in [2.24, 2.45) is 0 Å². The summed E-state index contributed by atoms with van der Waals surface area (Å²) in [5.74, 6) is 0.734. The number of benzene rings is 1. The fourth-order valence-electron chi connectivity index (χ4n) is 3.21. The number of hydrogen-bond donors (Lipinski definition) is 0. The molecule has 2 aromatic heterocycles. The van der Waals surface area contributed by atoms with Crippen LogP contribution in [0.15, 0.2) is 34.1 Å². The molecule has 1 aromatic carbocycles. The highest BCUT2D eigenvalue weighted by atomic mass is 79.9. The van der Waals surface area contributed by atoms with Crippen molar-refractivity contribution in [1.29, 1.82) is 0 Å². The normalized spacial score (nSPS) is 15.0. The summed E-state index contributed by atoms with van der Waals surface area (Å²) >= 11 is 6.43. The zero-order chi connectivity index (χ0) is 20.2. The van der Waals surface area contributed by atoms with Gasteiger partial charge in [0.15, 0.2) is 5.13 Å². The van der Waals surface area contributed by atoms with E-state index in [1.807, 2.05) is 37.3 Å². The van der Waals surface area contributed by atoms with E-state index in [9.17, 15) is 4.79 Å². The average Bonchev–Trinajstić information content (AvgIpc) is 3.36. The number of ether oxygens (including phenoxy) is 2. The summed E-state index contributed by atoms with van der Waals surface area (Å²) in [6, 6.07) is 9.67. The van der Waals surface area contributed by atoms with Crippen LogP contribution in [0.25, 0.3) is 10.2 Å². The van der Waals surface area contributed by atoms with E-state index in [4.69, 9.17) is 14.5 Å². The number of carbonyl (C=O) groups excluding carboxylic acids is 1. The lowest BCUT2D eigenvalue weighted by molar-refractivity contribution is 0.0391. The first kappa shape index (κ1) is 20.7. The molecule has 0 radical (unpaired) electrons. The SMILES string of the molecule is CCOc1cccc2sc(N(CCN3CCOCC3)C(=O)c3ccc(Br)s3)nc12. The maximum Gasteiger partial charge on any atom is 0.270 e. The minimum atomic E-state index is -0.0222. The molecule has 29 heavy (non-hydrogen) atoms. The third-order valence-electron chi connectivity index (χ3n) is 4.67. The van der Waals surface area contributed by atoms with Gasteiger partial charge in [0.25, 0.3) is 5.91 Å². The Morgan fingerprint density at radius 1 is 1.28 bits per heavy atom. The van der Waals surface area contributed by atoms with Gasteiger partial charge in [-0.05, 0) is 47.1 Å². The molecule has 6 nitrogen and oxygen atoms in total. The first-order valence-corrected chi connectivity index (χ1v) is 12.0. The van der Waals surface area contributed by atoms with Crippen LogP contribution in [0.1, 0.15) is 16.6 Å². The second-order valence-corrected chi connectivity index (χ2v) is 10.0. The fraction of sp³-hybridized carbons (Fsp3) is 0.400. The molecule has 0 aliphatic carbocycles. The number of fused-ring (bicyclic) bond motifs is 1. The van der Waals surface area contributed by atoms with Crippen molar-refractivity contribution in [1.82, 2.24) is 9.88 Å². The zero-order valence-corrected chi connectivity index (χ0v) is 19.3. The monoisotopic (exact) mass is 495 g/mol. The molecular formula is C20H22BrN3O3S2. The topological polar surface area (TPSA) is 54.9 Å². The van der Waals surface area contributed by atoms with Crippen LogP contribution in [-0.4, -0.2) is 61.8 Å². The number of morpholine rings is 1. The van der Waals surface area contributed by atoms with Crippen molar-refractivity contribution in [2.45, 2.75) is 6.92 Å². The van der Waals surface area contributed by atoms with E-state index in [1.165, 1.54) is 22.7 Å². The van der Waals surface area contributed by atoms with Crippen molar-refractivity contribution in [2.75, 3.05) is 50.9 Å². The molecular weight excluding hydrogens is 474 g/mol. The second-order valence-electron chi connectivity index (χ2n) is 6.55. The molecule has 9 heteroatoms. The van der Waals surface area contributed by atoms with Crippen LogP contribution >= 0.6 is 38.6 Å². The maximum absolute atomic E-state index is 13.3. The Morgan fingerprint density at radius 2 is 2.10 bits per heavy atom. The molecule has 4 rings (SSSR count). The number of carbonyl (C=O) groups is 1. The van der Waals surface area contributed by atoms with Crippen LogP contribution in [0.4, 0.5) is 5.13 Å². The molecule has 1 fully saturated rings. The highest BCUT2D eigenvalue weighted by Crippen LogP contribution is 2.35. The van der Waals surface area contributed by atoms with Crippen molar-refractivity contribution < 1.29 is 14.3 Å². The first-order valence-electron chi connectivity index (χ1n) is 9.55. The predicted octanol–water partition coefficient (Wildman–Crippen LogP) is 4.50. The second kappa shape index (κ2) is 9.53. The van der Waals surface area contributed by atoms with Crippen molar-refractivity contribution in [3.05, 3.63) is 39.0 Å². The van der Waals surface area contributed by atoms with Gasteiger partial charge in [-0.3, -0.25) is 14.6 Å². The Kier molecular flexibility index (Phi) is 6.81. The molecule has 1 aliphatic heterocycles. The van der Waals surface area contributed by atoms with E-state index < -0.39 is 0 Å². The molecule has 154 valence electrons. The van der Waals surface area contributed by atoms with Gasteiger partial charge in [-0.15, -0.1) is 11.3 Å². The third-order valence-corrected chi connectivity index (χ3v) is 7.33. The van der Waals surface area contributed by atoms with E-state index in [2.05, 4.69) is 20.8 Å². The summed E-state index contributed by atoms with van der Waals surface area (Å²) in [4.78, 5) is 22.9. The van der Waals surface area contributed by atoms with Crippen molar-refractivity contribution in [3.8, 4) is 5.75 Å². The van der Waals surface area contributed by atoms with Gasteiger partial charge in [0.05, 0.1) is 33.2 Å². The van der Waals surface area contributed by atoms with Gasteiger partial charge in [0, 0.05) is 26.2 Å². The minimum absolute atomic E-state index is 0.0222. The largest absolute Gasteiger partial charge is 0.492 e. The van der Waals surface area contributed by atoms with Crippen LogP contribution in [0.5, 0.6) is 5.75 Å². The number of aromatic nitrogens is 1. The third kappa shape index (κ3) is 4.80. The summed E-state index contributed by atoms with van der Waals surface area (Å²) < 4.78 is 13.1. The Bertz CT molecular complexity index is 984. The van der Waals surface area contributed by atoms with Gasteiger partial charge in [0.1, 0.15) is 11.3 Å². The highest BCUT2D eigenvalue weighted by Gasteiger charge is 2.24. The Balaban J connectivity index is 1.64. The quantitative estimate of drug-likeness (QED) is 0.482. The lowest BCUT2D eigenvalue weighted by Gasteiger charge is -2.29. The smallest absolute Gasteiger partial charge is 0.270 e. The molecule has 1 aliphatic rings. The summed E-state index contributed by atoms with van der Waals surface area (Å²) in [5.41, 5.74) is 0.811. The van der Waals surface area contributed by atoms with E-state index >= 15 is 0 Å². The molecule has 0 saturated carbocycles. The summed E-state index contributed by atoms with van der Waals surface area (Å²) in [5, 5.41) is 0.704. The summed E-state index contributed by atoms with van der Waals surface area (Å²) in [7, 11) is 0. The maximum atomic E-state index is 13.3. The van der Waals surface area contributed by atoms with Gasteiger partial charge in [0.2, 0.25) is 0 Å². The number of nitrogens with zero attached hydrogens (tertiary/aromatic N) is 3. The number of thiazole rings is 1. The van der Waals surface area contributed by atoms with Crippen LogP contribution < -0.4 is 9.64 Å². The Morgan fingerprint density at radius 3 is 2.83 bits per heavy atom. The summed E-state index contributed by atoms with van der Waals surface area (Å²) in [6.45, 7) is 7.17. The van der Waals surface area contributed by atoms with Crippen molar-refractivity contribution in [3.63, 3.8) is 0 Å². The molecule has 1 saturated heterocycles. The van der Waals surface area contributed by atoms with E-state index in [0.717, 1.165) is 52.6 Å². The first-order chi connectivity index (χ1) is 14.2. The lowest BCUT2D eigenvalue weighted by Crippen LogP contribution is -2.43. The highest BCUT2D eigenvalue weighted by molar-refractivity contribution is 9.11. The standard InChI is InChI=1S/C20H22BrN3O3S2/c1-2-27-14-4-3-5-15-18(14)22-20(29-15)24(9-8-23-10-12-26-13-11-23)19(25)16-6-7-17(21)28-16/h3-7H,2,8-13H2,1H3. The molecule has 0 unspecified atom stereocenters.